The molecule has 2 saturated heterocycles. The fraction of sp³-hybridized carbons (Fsp3) is 1.00. The van der Waals surface area contributed by atoms with Gasteiger partial charge in [0.05, 0.1) is 6.61 Å². The van der Waals surface area contributed by atoms with E-state index in [0.29, 0.717) is 12.0 Å². The third-order valence-electron chi connectivity index (χ3n) is 4.11. The molecule has 2 N–H and O–H groups in total. The zero-order valence-corrected chi connectivity index (χ0v) is 10.5. The van der Waals surface area contributed by atoms with Gasteiger partial charge in [-0.2, -0.15) is 0 Å². The van der Waals surface area contributed by atoms with E-state index in [1.807, 2.05) is 0 Å². The summed E-state index contributed by atoms with van der Waals surface area (Å²) in [4.78, 5) is 2.56. The van der Waals surface area contributed by atoms with Gasteiger partial charge in [-0.15, -0.1) is 0 Å². The highest BCUT2D eigenvalue weighted by atomic mass is 16.5. The topological polar surface area (TPSA) is 38.5 Å². The van der Waals surface area contributed by atoms with Gasteiger partial charge in [-0.25, -0.2) is 0 Å². The van der Waals surface area contributed by atoms with Gasteiger partial charge in [-0.3, -0.25) is 0 Å². The minimum absolute atomic E-state index is 0.322. The monoisotopic (exact) mass is 226 g/mol. The summed E-state index contributed by atoms with van der Waals surface area (Å²) in [5.74, 6) is 1.53. The molecule has 16 heavy (non-hydrogen) atoms. The van der Waals surface area contributed by atoms with Gasteiger partial charge >= 0.3 is 0 Å². The highest BCUT2D eigenvalue weighted by Crippen LogP contribution is 2.22. The first-order valence-electron chi connectivity index (χ1n) is 6.85. The van der Waals surface area contributed by atoms with Gasteiger partial charge in [-0.05, 0) is 31.7 Å². The molecule has 2 aliphatic rings. The van der Waals surface area contributed by atoms with Crippen LogP contribution in [0.2, 0.25) is 0 Å². The van der Waals surface area contributed by atoms with E-state index >= 15 is 0 Å². The van der Waals surface area contributed by atoms with Crippen molar-refractivity contribution in [2.45, 2.75) is 38.6 Å². The Bertz CT molecular complexity index is 204. The Morgan fingerprint density at radius 3 is 3.00 bits per heavy atom. The Morgan fingerprint density at radius 2 is 2.31 bits per heavy atom. The molecular formula is C13H26N2O. The summed E-state index contributed by atoms with van der Waals surface area (Å²) in [5.41, 5.74) is 6.26. The molecular weight excluding hydrogens is 200 g/mol. The fourth-order valence-electron chi connectivity index (χ4n) is 3.06. The molecule has 0 aliphatic carbocycles. The minimum atomic E-state index is 0.322. The van der Waals surface area contributed by atoms with Crippen LogP contribution in [-0.2, 0) is 4.74 Å². The summed E-state index contributed by atoms with van der Waals surface area (Å²) in [5, 5.41) is 0. The van der Waals surface area contributed by atoms with Crippen molar-refractivity contribution in [2.75, 3.05) is 32.8 Å². The van der Waals surface area contributed by atoms with Gasteiger partial charge < -0.3 is 15.4 Å². The predicted molar refractivity (Wildman–Crippen MR) is 66.4 cm³/mol. The van der Waals surface area contributed by atoms with Gasteiger partial charge in [0.2, 0.25) is 0 Å². The maximum absolute atomic E-state index is 6.26. The lowest BCUT2D eigenvalue weighted by molar-refractivity contribution is 0.173. The van der Waals surface area contributed by atoms with E-state index in [-0.39, 0.29) is 0 Å². The quantitative estimate of drug-likeness (QED) is 0.771. The number of ether oxygens (including phenoxy) is 1. The van der Waals surface area contributed by atoms with Crippen LogP contribution in [0, 0.1) is 11.8 Å². The molecule has 3 nitrogen and oxygen atoms in total. The zero-order valence-electron chi connectivity index (χ0n) is 10.5. The van der Waals surface area contributed by atoms with Gasteiger partial charge in [0.1, 0.15) is 0 Å². The fourth-order valence-corrected chi connectivity index (χ4v) is 3.06. The lowest BCUT2D eigenvalue weighted by Crippen LogP contribution is -2.41. The summed E-state index contributed by atoms with van der Waals surface area (Å²) in [6.45, 7) is 7.68. The zero-order chi connectivity index (χ0) is 11.4. The Kier molecular flexibility index (Phi) is 4.62. The second-order valence-corrected chi connectivity index (χ2v) is 5.49. The van der Waals surface area contributed by atoms with Gasteiger partial charge in [0.15, 0.2) is 0 Å². The first kappa shape index (κ1) is 12.3. The van der Waals surface area contributed by atoms with Crippen LogP contribution in [0.25, 0.3) is 0 Å². The molecule has 94 valence electrons. The summed E-state index contributed by atoms with van der Waals surface area (Å²) in [6, 6.07) is 0.322. The van der Waals surface area contributed by atoms with Crippen molar-refractivity contribution in [1.29, 1.82) is 0 Å². The van der Waals surface area contributed by atoms with Crippen LogP contribution in [0.1, 0.15) is 32.6 Å². The highest BCUT2D eigenvalue weighted by molar-refractivity contribution is 4.83. The van der Waals surface area contributed by atoms with E-state index in [1.54, 1.807) is 0 Å². The maximum atomic E-state index is 6.26. The highest BCUT2D eigenvalue weighted by Gasteiger charge is 2.27. The Labute approximate surface area is 99.3 Å². The largest absolute Gasteiger partial charge is 0.381 e. The molecule has 0 amide bonds. The molecule has 0 aromatic heterocycles. The molecule has 0 aromatic carbocycles. The van der Waals surface area contributed by atoms with Gasteiger partial charge in [-0.1, -0.05) is 13.3 Å². The summed E-state index contributed by atoms with van der Waals surface area (Å²) in [7, 11) is 0. The Balaban J connectivity index is 1.69. The SMILES string of the molecule is CCCC1CCN(CC(N)C2CCOC2)C1. The van der Waals surface area contributed by atoms with Crippen molar-refractivity contribution < 1.29 is 4.74 Å². The van der Waals surface area contributed by atoms with Crippen molar-refractivity contribution in [3.63, 3.8) is 0 Å². The third kappa shape index (κ3) is 3.19. The molecule has 0 aromatic rings. The van der Waals surface area contributed by atoms with E-state index in [1.165, 1.54) is 32.4 Å². The predicted octanol–water partition coefficient (Wildman–Crippen LogP) is 1.47. The Morgan fingerprint density at radius 1 is 1.44 bits per heavy atom. The van der Waals surface area contributed by atoms with Crippen LogP contribution >= 0.6 is 0 Å². The van der Waals surface area contributed by atoms with Crippen molar-refractivity contribution in [3.05, 3.63) is 0 Å². The van der Waals surface area contributed by atoms with Crippen LogP contribution in [0.15, 0.2) is 0 Å². The standard InChI is InChI=1S/C13H26N2O/c1-2-3-11-4-6-15(8-11)9-13(14)12-5-7-16-10-12/h11-13H,2-10,14H2,1H3. The Hall–Kier alpha value is -0.120. The smallest absolute Gasteiger partial charge is 0.0510 e. The van der Waals surface area contributed by atoms with Crippen molar-refractivity contribution in [2.24, 2.45) is 17.6 Å². The second-order valence-electron chi connectivity index (χ2n) is 5.49. The number of hydrogen-bond donors (Lipinski definition) is 1. The lowest BCUT2D eigenvalue weighted by atomic mass is 9.99. The molecule has 2 fully saturated rings. The van der Waals surface area contributed by atoms with Crippen molar-refractivity contribution in [1.82, 2.24) is 4.90 Å². The van der Waals surface area contributed by atoms with Crippen molar-refractivity contribution >= 4 is 0 Å². The molecule has 0 spiro atoms. The van der Waals surface area contributed by atoms with Crippen LogP contribution in [0.4, 0.5) is 0 Å². The molecule has 3 atom stereocenters. The molecule has 2 heterocycles. The maximum Gasteiger partial charge on any atom is 0.0510 e. The third-order valence-corrected chi connectivity index (χ3v) is 4.11. The number of rotatable bonds is 5. The normalized spacial score (nSPS) is 33.4. The summed E-state index contributed by atoms with van der Waals surface area (Å²) < 4.78 is 5.40. The van der Waals surface area contributed by atoms with Crippen LogP contribution in [-0.4, -0.2) is 43.8 Å². The first-order valence-corrected chi connectivity index (χ1v) is 6.85. The average Bonchev–Trinajstić information content (AvgIpc) is 2.89. The minimum Gasteiger partial charge on any atom is -0.381 e. The van der Waals surface area contributed by atoms with Crippen LogP contribution in [0.3, 0.4) is 0 Å². The molecule has 2 rings (SSSR count). The van der Waals surface area contributed by atoms with E-state index in [9.17, 15) is 0 Å². The average molecular weight is 226 g/mol. The van der Waals surface area contributed by atoms with E-state index < -0.39 is 0 Å². The molecule has 0 saturated carbocycles. The molecule has 0 bridgehead atoms. The van der Waals surface area contributed by atoms with Gasteiger partial charge in [0, 0.05) is 31.7 Å². The number of hydrogen-bond acceptors (Lipinski definition) is 3. The van der Waals surface area contributed by atoms with E-state index in [0.717, 1.165) is 32.1 Å². The van der Waals surface area contributed by atoms with Gasteiger partial charge in [0.25, 0.3) is 0 Å². The summed E-state index contributed by atoms with van der Waals surface area (Å²) >= 11 is 0. The molecule has 2 aliphatic heterocycles. The molecule has 3 heteroatoms. The van der Waals surface area contributed by atoms with Crippen LogP contribution < -0.4 is 5.73 Å². The second kappa shape index (κ2) is 5.99. The first-order chi connectivity index (χ1) is 7.79. The van der Waals surface area contributed by atoms with E-state index in [4.69, 9.17) is 10.5 Å². The van der Waals surface area contributed by atoms with Crippen LogP contribution in [0.5, 0.6) is 0 Å². The van der Waals surface area contributed by atoms with E-state index in [2.05, 4.69) is 11.8 Å². The summed E-state index contributed by atoms with van der Waals surface area (Å²) in [6.07, 6.45) is 5.24. The molecule has 0 radical (unpaired) electrons. The van der Waals surface area contributed by atoms with Crippen molar-refractivity contribution in [3.8, 4) is 0 Å². The molecule has 3 unspecified atom stereocenters. The number of nitrogens with two attached hydrogens (primary N) is 1. The number of nitrogens with zero attached hydrogens (tertiary/aromatic N) is 1. The number of likely N-dealkylation sites (tertiary alicyclic amines) is 1. The lowest BCUT2D eigenvalue weighted by Gasteiger charge is -2.24.